The van der Waals surface area contributed by atoms with Crippen molar-refractivity contribution >= 4 is 23.5 Å². The Balaban J connectivity index is 1.73. The predicted octanol–water partition coefficient (Wildman–Crippen LogP) is 1.68. The first kappa shape index (κ1) is 20.2. The van der Waals surface area contributed by atoms with Crippen molar-refractivity contribution in [3.05, 3.63) is 40.9 Å². The molecule has 0 saturated carbocycles. The maximum Gasteiger partial charge on any atom is 0.229 e. The van der Waals surface area contributed by atoms with Crippen LogP contribution in [0.15, 0.2) is 24.3 Å². The summed E-state index contributed by atoms with van der Waals surface area (Å²) in [7, 11) is 0. The molecule has 0 aliphatic carbocycles. The number of nitrogens with two attached hydrogens (primary N) is 1. The molecule has 0 radical (unpaired) electrons. The average Bonchev–Trinajstić information content (AvgIpc) is 2.63. The number of aromatic nitrogens is 3. The van der Waals surface area contributed by atoms with Gasteiger partial charge in [0.05, 0.1) is 26.4 Å². The Morgan fingerprint density at radius 1 is 0.923 bits per heavy atom. The van der Waals surface area contributed by atoms with Crippen LogP contribution in [0.3, 0.4) is 0 Å². The van der Waals surface area contributed by atoms with Crippen LogP contribution in [0.2, 0.25) is 5.28 Å². The lowest BCUT2D eigenvalue weighted by Crippen LogP contribution is -2.16. The summed E-state index contributed by atoms with van der Waals surface area (Å²) in [5, 5.41) is 6.11. The molecule has 0 unspecified atom stereocenters. The van der Waals surface area contributed by atoms with E-state index in [-0.39, 0.29) is 11.1 Å². The van der Waals surface area contributed by atoms with Crippen LogP contribution < -0.4 is 16.4 Å². The standard InChI is InChI=1S/C16H22ClFN6O2/c17-14-22-15(20-6-8-26-10-9-25-7-5-19)24-16(23-14)21-11-12-1-3-13(18)4-2-12/h1-4H,5-11,19H2,(H2,20,21,22,23,24). The Bertz CT molecular complexity index is 662. The van der Waals surface area contributed by atoms with Crippen LogP contribution in [0.4, 0.5) is 16.3 Å². The number of nitrogens with zero attached hydrogens (tertiary/aromatic N) is 3. The molecule has 1 heterocycles. The predicted molar refractivity (Wildman–Crippen MR) is 97.7 cm³/mol. The van der Waals surface area contributed by atoms with Crippen LogP contribution in [-0.2, 0) is 16.0 Å². The molecule has 0 fully saturated rings. The molecule has 4 N–H and O–H groups in total. The smallest absolute Gasteiger partial charge is 0.229 e. The molecule has 142 valence electrons. The van der Waals surface area contributed by atoms with E-state index in [0.29, 0.717) is 58.0 Å². The summed E-state index contributed by atoms with van der Waals surface area (Å²) >= 11 is 5.91. The maximum absolute atomic E-state index is 12.9. The van der Waals surface area contributed by atoms with Crippen molar-refractivity contribution in [3.63, 3.8) is 0 Å². The summed E-state index contributed by atoms with van der Waals surface area (Å²) < 4.78 is 23.5. The van der Waals surface area contributed by atoms with Crippen molar-refractivity contribution in [3.8, 4) is 0 Å². The van der Waals surface area contributed by atoms with Crippen LogP contribution in [0.1, 0.15) is 5.56 Å². The molecule has 0 aliphatic heterocycles. The zero-order valence-electron chi connectivity index (χ0n) is 14.3. The molecular weight excluding hydrogens is 363 g/mol. The fourth-order valence-electron chi connectivity index (χ4n) is 1.93. The van der Waals surface area contributed by atoms with Crippen LogP contribution >= 0.6 is 11.6 Å². The summed E-state index contributed by atoms with van der Waals surface area (Å²) in [4.78, 5) is 12.2. The largest absolute Gasteiger partial charge is 0.378 e. The summed E-state index contributed by atoms with van der Waals surface area (Å²) in [6.07, 6.45) is 0. The van der Waals surface area contributed by atoms with Gasteiger partial charge in [0, 0.05) is 19.6 Å². The zero-order chi connectivity index (χ0) is 18.6. The topological polar surface area (TPSA) is 107 Å². The second-order valence-electron chi connectivity index (χ2n) is 5.17. The van der Waals surface area contributed by atoms with Crippen LogP contribution in [0.25, 0.3) is 0 Å². The molecule has 10 heteroatoms. The maximum atomic E-state index is 12.9. The van der Waals surface area contributed by atoms with Crippen molar-refractivity contribution in [1.29, 1.82) is 0 Å². The van der Waals surface area contributed by atoms with Crippen molar-refractivity contribution in [1.82, 2.24) is 15.0 Å². The first-order valence-corrected chi connectivity index (χ1v) is 8.54. The third-order valence-electron chi connectivity index (χ3n) is 3.14. The highest BCUT2D eigenvalue weighted by molar-refractivity contribution is 6.28. The van der Waals surface area contributed by atoms with Gasteiger partial charge in [-0.3, -0.25) is 0 Å². The second-order valence-corrected chi connectivity index (χ2v) is 5.51. The van der Waals surface area contributed by atoms with Crippen molar-refractivity contribution in [2.45, 2.75) is 6.54 Å². The molecule has 2 rings (SSSR count). The van der Waals surface area contributed by atoms with Crippen LogP contribution in [0.5, 0.6) is 0 Å². The lowest BCUT2D eigenvalue weighted by atomic mass is 10.2. The molecule has 0 atom stereocenters. The van der Waals surface area contributed by atoms with Gasteiger partial charge in [0.1, 0.15) is 5.82 Å². The Labute approximate surface area is 156 Å². The minimum absolute atomic E-state index is 0.0696. The normalized spacial score (nSPS) is 10.7. The van der Waals surface area contributed by atoms with E-state index in [1.165, 1.54) is 12.1 Å². The van der Waals surface area contributed by atoms with E-state index in [1.54, 1.807) is 12.1 Å². The number of nitrogens with one attached hydrogen (secondary N) is 2. The number of ether oxygens (including phenoxy) is 2. The number of hydrogen-bond donors (Lipinski definition) is 3. The molecule has 0 amide bonds. The number of anilines is 2. The SMILES string of the molecule is NCCOCCOCCNc1nc(Cl)nc(NCc2ccc(F)cc2)n1. The van der Waals surface area contributed by atoms with Crippen molar-refractivity contribution < 1.29 is 13.9 Å². The highest BCUT2D eigenvalue weighted by atomic mass is 35.5. The van der Waals surface area contributed by atoms with Crippen molar-refractivity contribution in [2.24, 2.45) is 5.73 Å². The van der Waals surface area contributed by atoms with E-state index in [4.69, 9.17) is 26.8 Å². The number of hydrogen-bond acceptors (Lipinski definition) is 8. The van der Waals surface area contributed by atoms with Gasteiger partial charge in [-0.1, -0.05) is 12.1 Å². The summed E-state index contributed by atoms with van der Waals surface area (Å²) in [6, 6.07) is 6.15. The Hall–Kier alpha value is -2.07. The fraction of sp³-hybridized carbons (Fsp3) is 0.438. The van der Waals surface area contributed by atoms with E-state index in [1.807, 2.05) is 0 Å². The highest BCUT2D eigenvalue weighted by Crippen LogP contribution is 2.11. The minimum Gasteiger partial charge on any atom is -0.378 e. The summed E-state index contributed by atoms with van der Waals surface area (Å²) in [6.45, 7) is 3.43. The van der Waals surface area contributed by atoms with Gasteiger partial charge in [-0.2, -0.15) is 15.0 Å². The Morgan fingerprint density at radius 3 is 2.27 bits per heavy atom. The van der Waals surface area contributed by atoms with Gasteiger partial charge in [0.25, 0.3) is 0 Å². The zero-order valence-corrected chi connectivity index (χ0v) is 15.0. The first-order chi connectivity index (χ1) is 12.7. The second kappa shape index (κ2) is 11.5. The number of halogens is 2. The third-order valence-corrected chi connectivity index (χ3v) is 3.30. The molecule has 1 aromatic carbocycles. The molecule has 0 bridgehead atoms. The molecular formula is C16H22ClFN6O2. The third kappa shape index (κ3) is 7.87. The van der Waals surface area contributed by atoms with Crippen LogP contribution in [-0.4, -0.2) is 54.5 Å². The van der Waals surface area contributed by atoms with Gasteiger partial charge in [-0.05, 0) is 29.3 Å². The first-order valence-electron chi connectivity index (χ1n) is 8.16. The monoisotopic (exact) mass is 384 g/mol. The number of rotatable bonds is 12. The highest BCUT2D eigenvalue weighted by Gasteiger charge is 2.05. The van der Waals surface area contributed by atoms with Crippen molar-refractivity contribution in [2.75, 3.05) is 50.2 Å². The van der Waals surface area contributed by atoms with Gasteiger partial charge in [-0.25, -0.2) is 4.39 Å². The van der Waals surface area contributed by atoms with Gasteiger partial charge < -0.3 is 25.8 Å². The molecule has 0 spiro atoms. The number of benzene rings is 1. The van der Waals surface area contributed by atoms with E-state index in [2.05, 4.69) is 25.6 Å². The van der Waals surface area contributed by atoms with E-state index in [0.717, 1.165) is 5.56 Å². The molecule has 26 heavy (non-hydrogen) atoms. The quantitative estimate of drug-likeness (QED) is 0.474. The fourth-order valence-corrected chi connectivity index (χ4v) is 2.09. The van der Waals surface area contributed by atoms with E-state index >= 15 is 0 Å². The molecule has 0 aliphatic rings. The summed E-state index contributed by atoms with van der Waals surface area (Å²) in [5.74, 6) is 0.388. The van der Waals surface area contributed by atoms with Crippen LogP contribution in [0, 0.1) is 5.82 Å². The lowest BCUT2D eigenvalue weighted by molar-refractivity contribution is 0.0547. The molecule has 0 saturated heterocycles. The van der Waals surface area contributed by atoms with Gasteiger partial charge in [0.15, 0.2) is 0 Å². The van der Waals surface area contributed by atoms with E-state index < -0.39 is 0 Å². The minimum atomic E-state index is -0.281. The van der Waals surface area contributed by atoms with Gasteiger partial charge in [-0.15, -0.1) is 0 Å². The van der Waals surface area contributed by atoms with E-state index in [9.17, 15) is 4.39 Å². The Kier molecular flexibility index (Phi) is 8.98. The van der Waals surface area contributed by atoms with Gasteiger partial charge in [0.2, 0.25) is 17.2 Å². The molecule has 2 aromatic rings. The van der Waals surface area contributed by atoms with Gasteiger partial charge >= 0.3 is 0 Å². The average molecular weight is 385 g/mol. The molecule has 1 aromatic heterocycles. The summed E-state index contributed by atoms with van der Waals surface area (Å²) in [5.41, 5.74) is 6.21. The Morgan fingerprint density at radius 2 is 1.58 bits per heavy atom. The molecule has 8 nitrogen and oxygen atoms in total. The lowest BCUT2D eigenvalue weighted by Gasteiger charge is -2.09.